The second kappa shape index (κ2) is 7.98. The van der Waals surface area contributed by atoms with Gasteiger partial charge in [-0.15, -0.1) is 0 Å². The lowest BCUT2D eigenvalue weighted by Gasteiger charge is -2.33. The summed E-state index contributed by atoms with van der Waals surface area (Å²) in [7, 11) is 0. The van der Waals surface area contributed by atoms with Crippen molar-refractivity contribution >= 4 is 11.6 Å². The molecule has 1 atom stereocenters. The fourth-order valence-electron chi connectivity index (χ4n) is 3.90. The van der Waals surface area contributed by atoms with Gasteiger partial charge in [-0.25, -0.2) is 9.89 Å². The Balaban J connectivity index is 1.62. The Kier molecular flexibility index (Phi) is 5.68. The molecule has 1 amide bonds. The normalized spacial score (nSPS) is 16.4. The highest BCUT2D eigenvalue weighted by atomic mass is 16.2. The summed E-state index contributed by atoms with van der Waals surface area (Å²) in [6.45, 7) is 9.95. The summed E-state index contributed by atoms with van der Waals surface area (Å²) in [5, 5.41) is 10.1. The molecule has 0 bridgehead atoms. The highest BCUT2D eigenvalue weighted by molar-refractivity contribution is 5.85. The summed E-state index contributed by atoms with van der Waals surface area (Å²) < 4.78 is 1.69. The van der Waals surface area contributed by atoms with E-state index in [0.717, 1.165) is 35.5 Å². The van der Waals surface area contributed by atoms with Crippen LogP contribution in [0.25, 0.3) is 0 Å². The van der Waals surface area contributed by atoms with Crippen molar-refractivity contribution in [1.29, 1.82) is 0 Å². The number of para-hydroxylation sites is 1. The van der Waals surface area contributed by atoms with Crippen LogP contribution in [0.5, 0.6) is 0 Å². The van der Waals surface area contributed by atoms with Crippen molar-refractivity contribution in [2.45, 2.75) is 59.0 Å². The number of aromatic amines is 1. The van der Waals surface area contributed by atoms with Gasteiger partial charge in [-0.2, -0.15) is 5.10 Å². The van der Waals surface area contributed by atoms with Crippen molar-refractivity contribution in [3.63, 3.8) is 0 Å². The molecule has 27 heavy (non-hydrogen) atoms. The van der Waals surface area contributed by atoms with Gasteiger partial charge in [0.25, 0.3) is 0 Å². The summed E-state index contributed by atoms with van der Waals surface area (Å²) in [4.78, 5) is 26.6. The van der Waals surface area contributed by atoms with Gasteiger partial charge in [-0.3, -0.25) is 9.36 Å². The van der Waals surface area contributed by atoms with Crippen LogP contribution >= 0.6 is 0 Å². The second-order valence-electron chi connectivity index (χ2n) is 7.36. The van der Waals surface area contributed by atoms with Gasteiger partial charge in [0.05, 0.1) is 0 Å². The van der Waals surface area contributed by atoms with E-state index in [1.54, 1.807) is 4.57 Å². The Morgan fingerprint density at radius 2 is 1.93 bits per heavy atom. The average molecular weight is 371 g/mol. The number of amides is 1. The molecular formula is C20H29N5O2. The molecule has 0 saturated carbocycles. The van der Waals surface area contributed by atoms with Crippen molar-refractivity contribution < 1.29 is 4.79 Å². The van der Waals surface area contributed by atoms with E-state index in [9.17, 15) is 9.59 Å². The summed E-state index contributed by atoms with van der Waals surface area (Å²) in [6.07, 6.45) is 1.65. The number of likely N-dealkylation sites (tertiary alicyclic amines) is 1. The van der Waals surface area contributed by atoms with E-state index in [2.05, 4.69) is 41.5 Å². The highest BCUT2D eigenvalue weighted by Gasteiger charge is 2.29. The number of hydrogen-bond acceptors (Lipinski definition) is 4. The second-order valence-corrected chi connectivity index (χ2v) is 7.36. The smallest absolute Gasteiger partial charge is 0.343 e. The van der Waals surface area contributed by atoms with Gasteiger partial charge in [-0.05, 0) is 51.7 Å². The first-order valence-corrected chi connectivity index (χ1v) is 9.69. The number of piperidine rings is 1. The Hall–Kier alpha value is -2.57. The van der Waals surface area contributed by atoms with Crippen LogP contribution in [-0.4, -0.2) is 44.7 Å². The van der Waals surface area contributed by atoms with Crippen molar-refractivity contribution in [2.24, 2.45) is 0 Å². The average Bonchev–Trinajstić information content (AvgIpc) is 3.04. The van der Waals surface area contributed by atoms with Crippen LogP contribution in [0.1, 0.15) is 49.6 Å². The molecule has 1 fully saturated rings. The molecule has 0 spiro atoms. The number of hydrogen-bond donors (Lipinski definition) is 2. The lowest BCUT2D eigenvalue weighted by atomic mass is 9.95. The van der Waals surface area contributed by atoms with Gasteiger partial charge in [0.15, 0.2) is 0 Å². The van der Waals surface area contributed by atoms with Crippen LogP contribution in [0.4, 0.5) is 5.69 Å². The van der Waals surface area contributed by atoms with E-state index in [4.69, 9.17) is 0 Å². The molecule has 0 aliphatic carbocycles. The summed E-state index contributed by atoms with van der Waals surface area (Å²) in [5.41, 5.74) is 3.17. The van der Waals surface area contributed by atoms with Gasteiger partial charge >= 0.3 is 5.69 Å². The number of carbonyl (C=O) groups excluding carboxylic acids is 1. The van der Waals surface area contributed by atoms with Crippen LogP contribution in [0.15, 0.2) is 23.0 Å². The summed E-state index contributed by atoms with van der Waals surface area (Å²) in [6, 6.07) is 5.85. The maximum atomic E-state index is 12.9. The van der Waals surface area contributed by atoms with Crippen molar-refractivity contribution in [3.05, 3.63) is 45.6 Å². The fraction of sp³-hybridized carbons (Fsp3) is 0.550. The number of anilines is 1. The standard InChI is InChI=1S/C20H29N5O2/c1-5-25-18(22-23-20(25)27)16-9-11-24(12-10-16)19(26)15(4)21-17-13(2)7-6-8-14(17)3/h6-8,15-16,21H,5,9-12H2,1-4H3,(H,23,27). The minimum absolute atomic E-state index is 0.117. The SMILES string of the molecule is CCn1c(C2CCN(C(=O)C(C)Nc3c(C)cccc3C)CC2)n[nH]c1=O. The Morgan fingerprint density at radius 3 is 2.52 bits per heavy atom. The van der Waals surface area contributed by atoms with E-state index < -0.39 is 0 Å². The van der Waals surface area contributed by atoms with Crippen LogP contribution in [0.3, 0.4) is 0 Å². The Bertz CT molecular complexity index is 841. The van der Waals surface area contributed by atoms with Gasteiger partial charge < -0.3 is 10.2 Å². The van der Waals surface area contributed by atoms with Crippen LogP contribution in [0.2, 0.25) is 0 Å². The molecule has 1 saturated heterocycles. The van der Waals surface area contributed by atoms with Gasteiger partial charge in [0.1, 0.15) is 11.9 Å². The number of rotatable bonds is 5. The summed E-state index contributed by atoms with van der Waals surface area (Å²) in [5.74, 6) is 1.15. The molecule has 7 nitrogen and oxygen atoms in total. The van der Waals surface area contributed by atoms with E-state index in [0.29, 0.717) is 19.6 Å². The molecule has 1 aliphatic rings. The number of carbonyl (C=O) groups is 1. The first-order chi connectivity index (χ1) is 12.9. The van der Waals surface area contributed by atoms with E-state index in [1.807, 2.05) is 24.8 Å². The molecule has 1 aromatic carbocycles. The number of H-pyrrole nitrogens is 1. The van der Waals surface area contributed by atoms with Crippen LogP contribution in [-0.2, 0) is 11.3 Å². The lowest BCUT2D eigenvalue weighted by molar-refractivity contribution is -0.132. The third kappa shape index (κ3) is 3.91. The van der Waals surface area contributed by atoms with E-state index in [1.165, 1.54) is 0 Å². The molecule has 1 aromatic heterocycles. The molecular weight excluding hydrogens is 342 g/mol. The minimum atomic E-state index is -0.277. The van der Waals surface area contributed by atoms with E-state index >= 15 is 0 Å². The number of benzene rings is 1. The highest BCUT2D eigenvalue weighted by Crippen LogP contribution is 2.27. The lowest BCUT2D eigenvalue weighted by Crippen LogP contribution is -2.45. The largest absolute Gasteiger partial charge is 0.373 e. The molecule has 2 heterocycles. The van der Waals surface area contributed by atoms with Crippen molar-refractivity contribution in [2.75, 3.05) is 18.4 Å². The van der Waals surface area contributed by atoms with Crippen LogP contribution < -0.4 is 11.0 Å². The predicted molar refractivity (Wildman–Crippen MR) is 106 cm³/mol. The van der Waals surface area contributed by atoms with Crippen molar-refractivity contribution in [3.8, 4) is 0 Å². The van der Waals surface area contributed by atoms with Crippen LogP contribution in [0, 0.1) is 13.8 Å². The molecule has 7 heteroatoms. The molecule has 0 radical (unpaired) electrons. The molecule has 1 unspecified atom stereocenters. The number of aryl methyl sites for hydroxylation is 2. The zero-order valence-electron chi connectivity index (χ0n) is 16.6. The monoisotopic (exact) mass is 371 g/mol. The first-order valence-electron chi connectivity index (χ1n) is 9.69. The molecule has 2 aromatic rings. The predicted octanol–water partition coefficient (Wildman–Crippen LogP) is 2.41. The third-order valence-corrected chi connectivity index (χ3v) is 5.49. The first kappa shape index (κ1) is 19.2. The minimum Gasteiger partial charge on any atom is -0.373 e. The maximum Gasteiger partial charge on any atom is 0.343 e. The third-order valence-electron chi connectivity index (χ3n) is 5.49. The van der Waals surface area contributed by atoms with Crippen molar-refractivity contribution in [1.82, 2.24) is 19.7 Å². The molecule has 3 rings (SSSR count). The summed E-state index contributed by atoms with van der Waals surface area (Å²) >= 11 is 0. The quantitative estimate of drug-likeness (QED) is 0.845. The Morgan fingerprint density at radius 1 is 1.30 bits per heavy atom. The van der Waals surface area contributed by atoms with Gasteiger partial charge in [0.2, 0.25) is 5.91 Å². The fourth-order valence-corrected chi connectivity index (χ4v) is 3.90. The molecule has 1 aliphatic heterocycles. The number of aromatic nitrogens is 3. The number of nitrogens with one attached hydrogen (secondary N) is 2. The number of nitrogens with zero attached hydrogens (tertiary/aromatic N) is 3. The zero-order valence-corrected chi connectivity index (χ0v) is 16.6. The Labute approximate surface area is 159 Å². The van der Waals surface area contributed by atoms with Gasteiger partial charge in [0, 0.05) is 31.2 Å². The maximum absolute atomic E-state index is 12.9. The van der Waals surface area contributed by atoms with Gasteiger partial charge in [-0.1, -0.05) is 18.2 Å². The zero-order chi connectivity index (χ0) is 19.6. The topological polar surface area (TPSA) is 83.0 Å². The molecule has 2 N–H and O–H groups in total. The molecule has 146 valence electrons. The van der Waals surface area contributed by atoms with E-state index in [-0.39, 0.29) is 23.6 Å².